The highest BCUT2D eigenvalue weighted by atomic mass is 35.5. The summed E-state index contributed by atoms with van der Waals surface area (Å²) in [5, 5.41) is 3.84. The van der Waals surface area contributed by atoms with Crippen LogP contribution in [0.3, 0.4) is 0 Å². The van der Waals surface area contributed by atoms with E-state index in [1.165, 1.54) is 0 Å². The number of carbonyl (C=O) groups excluding carboxylic acids is 1. The monoisotopic (exact) mass is 325 g/mol. The summed E-state index contributed by atoms with van der Waals surface area (Å²) in [6.07, 6.45) is 3.57. The zero-order chi connectivity index (χ0) is 16.2. The molecule has 0 radical (unpaired) electrons. The Bertz CT molecular complexity index is 516. The molecule has 2 heterocycles. The van der Waals surface area contributed by atoms with Gasteiger partial charge in [-0.05, 0) is 51.7 Å². The third-order valence-electron chi connectivity index (χ3n) is 3.49. The number of carbonyl (C=O) groups is 1. The number of piperidine rings is 1. The Labute approximate surface area is 137 Å². The maximum Gasteiger partial charge on any atom is 0.410 e. The Kier molecular flexibility index (Phi) is 5.51. The average Bonchev–Trinajstić information content (AvgIpc) is 2.44. The van der Waals surface area contributed by atoms with Gasteiger partial charge in [-0.2, -0.15) is 0 Å². The van der Waals surface area contributed by atoms with Crippen LogP contribution in [-0.2, 0) is 4.74 Å². The van der Waals surface area contributed by atoms with E-state index in [2.05, 4.69) is 10.3 Å². The number of ether oxygens (including phenoxy) is 1. The van der Waals surface area contributed by atoms with E-state index in [1.807, 2.05) is 26.8 Å². The lowest BCUT2D eigenvalue weighted by molar-refractivity contribution is 0.0172. The Hall–Kier alpha value is -1.49. The van der Waals surface area contributed by atoms with Crippen LogP contribution in [0, 0.1) is 5.92 Å². The second-order valence-corrected chi connectivity index (χ2v) is 7.07. The first kappa shape index (κ1) is 16.9. The summed E-state index contributed by atoms with van der Waals surface area (Å²) in [6, 6.07) is 3.69. The summed E-state index contributed by atoms with van der Waals surface area (Å²) >= 11 is 5.87. The molecule has 1 aromatic heterocycles. The fourth-order valence-corrected chi connectivity index (χ4v) is 2.67. The molecule has 1 amide bonds. The normalized spacial score (nSPS) is 18.9. The molecule has 1 fully saturated rings. The quantitative estimate of drug-likeness (QED) is 0.859. The topological polar surface area (TPSA) is 54.5 Å². The lowest BCUT2D eigenvalue weighted by atomic mass is 9.98. The molecule has 1 atom stereocenters. The zero-order valence-corrected chi connectivity index (χ0v) is 14.2. The number of aromatic nitrogens is 1. The van der Waals surface area contributed by atoms with Crippen molar-refractivity contribution >= 4 is 23.4 Å². The van der Waals surface area contributed by atoms with Crippen molar-refractivity contribution in [2.24, 2.45) is 5.92 Å². The lowest BCUT2D eigenvalue weighted by Gasteiger charge is -2.34. The van der Waals surface area contributed by atoms with E-state index in [9.17, 15) is 4.79 Å². The van der Waals surface area contributed by atoms with Crippen LogP contribution >= 0.6 is 11.6 Å². The first-order chi connectivity index (χ1) is 10.3. The van der Waals surface area contributed by atoms with Gasteiger partial charge in [0.1, 0.15) is 10.8 Å². The molecule has 0 saturated carbocycles. The van der Waals surface area contributed by atoms with Crippen molar-refractivity contribution in [3.05, 3.63) is 23.5 Å². The summed E-state index contributed by atoms with van der Waals surface area (Å²) in [7, 11) is 0. The summed E-state index contributed by atoms with van der Waals surface area (Å²) in [5.74, 6) is 0.410. The number of hydrogen-bond donors (Lipinski definition) is 1. The smallest absolute Gasteiger partial charge is 0.410 e. The molecule has 0 bridgehead atoms. The molecule has 0 aliphatic carbocycles. The highest BCUT2D eigenvalue weighted by Gasteiger charge is 2.27. The zero-order valence-electron chi connectivity index (χ0n) is 13.4. The predicted octanol–water partition coefficient (Wildman–Crippen LogP) is 3.79. The van der Waals surface area contributed by atoms with Crippen LogP contribution in [0.15, 0.2) is 18.3 Å². The molecule has 1 aromatic rings. The lowest BCUT2D eigenvalue weighted by Crippen LogP contribution is -2.44. The van der Waals surface area contributed by atoms with E-state index in [1.54, 1.807) is 17.2 Å². The fraction of sp³-hybridized carbons (Fsp3) is 0.625. The molecular weight excluding hydrogens is 302 g/mol. The Morgan fingerprint density at radius 3 is 3.00 bits per heavy atom. The van der Waals surface area contributed by atoms with Crippen LogP contribution < -0.4 is 5.32 Å². The van der Waals surface area contributed by atoms with Crippen molar-refractivity contribution in [2.75, 3.05) is 25.0 Å². The van der Waals surface area contributed by atoms with Gasteiger partial charge in [-0.1, -0.05) is 11.6 Å². The average molecular weight is 326 g/mol. The van der Waals surface area contributed by atoms with Gasteiger partial charge >= 0.3 is 6.09 Å². The van der Waals surface area contributed by atoms with Crippen molar-refractivity contribution in [1.29, 1.82) is 0 Å². The number of halogens is 1. The summed E-state index contributed by atoms with van der Waals surface area (Å²) in [5.41, 5.74) is 0.505. The summed E-state index contributed by atoms with van der Waals surface area (Å²) in [6.45, 7) is 7.97. The third-order valence-corrected chi connectivity index (χ3v) is 3.70. The first-order valence-corrected chi connectivity index (χ1v) is 8.04. The molecule has 1 aliphatic heterocycles. The number of likely N-dealkylation sites (tertiary alicyclic amines) is 1. The molecule has 122 valence electrons. The van der Waals surface area contributed by atoms with Gasteiger partial charge in [0.15, 0.2) is 0 Å². The largest absolute Gasteiger partial charge is 0.444 e. The number of anilines is 1. The number of nitrogens with one attached hydrogen (secondary N) is 1. The molecule has 22 heavy (non-hydrogen) atoms. The molecule has 0 spiro atoms. The SMILES string of the molecule is CC(C)(C)OC(=O)N1CCCC(CNc2ccnc(Cl)c2)C1. The second-order valence-electron chi connectivity index (χ2n) is 6.68. The molecule has 2 rings (SSSR count). The molecule has 6 heteroatoms. The maximum absolute atomic E-state index is 12.1. The number of nitrogens with zero attached hydrogens (tertiary/aromatic N) is 2. The van der Waals surface area contributed by atoms with Gasteiger partial charge in [0, 0.05) is 31.5 Å². The van der Waals surface area contributed by atoms with Gasteiger partial charge in [0.05, 0.1) is 0 Å². The van der Waals surface area contributed by atoms with Crippen LogP contribution in [0.5, 0.6) is 0 Å². The van der Waals surface area contributed by atoms with Crippen LogP contribution in [0.2, 0.25) is 5.15 Å². The number of pyridine rings is 1. The molecule has 1 saturated heterocycles. The molecule has 1 N–H and O–H groups in total. The van der Waals surface area contributed by atoms with Crippen LogP contribution in [0.1, 0.15) is 33.6 Å². The Morgan fingerprint density at radius 2 is 2.32 bits per heavy atom. The standard InChI is InChI=1S/C16H24ClN3O2/c1-16(2,3)22-15(21)20-8-4-5-12(11-20)10-19-13-6-7-18-14(17)9-13/h6-7,9,12H,4-5,8,10-11H2,1-3H3,(H,18,19). The van der Waals surface area contributed by atoms with Gasteiger partial charge in [0.2, 0.25) is 0 Å². The molecular formula is C16H24ClN3O2. The molecule has 1 aliphatic rings. The number of rotatable bonds is 3. The minimum absolute atomic E-state index is 0.218. The van der Waals surface area contributed by atoms with Crippen LogP contribution in [-0.4, -0.2) is 41.2 Å². The van der Waals surface area contributed by atoms with Crippen molar-refractivity contribution in [1.82, 2.24) is 9.88 Å². The van der Waals surface area contributed by atoms with Crippen molar-refractivity contribution in [3.8, 4) is 0 Å². The first-order valence-electron chi connectivity index (χ1n) is 7.67. The fourth-order valence-electron chi connectivity index (χ4n) is 2.50. The summed E-state index contributed by atoms with van der Waals surface area (Å²) in [4.78, 5) is 17.9. The van der Waals surface area contributed by atoms with E-state index >= 15 is 0 Å². The number of hydrogen-bond acceptors (Lipinski definition) is 4. The minimum Gasteiger partial charge on any atom is -0.444 e. The van der Waals surface area contributed by atoms with E-state index in [4.69, 9.17) is 16.3 Å². The van der Waals surface area contributed by atoms with E-state index in [0.29, 0.717) is 11.1 Å². The second kappa shape index (κ2) is 7.18. The highest BCUT2D eigenvalue weighted by Crippen LogP contribution is 2.20. The van der Waals surface area contributed by atoms with Crippen LogP contribution in [0.25, 0.3) is 0 Å². The predicted molar refractivity (Wildman–Crippen MR) is 88.3 cm³/mol. The van der Waals surface area contributed by atoms with Gasteiger partial charge in [-0.3, -0.25) is 0 Å². The third kappa shape index (κ3) is 5.37. The highest BCUT2D eigenvalue weighted by molar-refractivity contribution is 6.29. The van der Waals surface area contributed by atoms with E-state index < -0.39 is 5.60 Å². The van der Waals surface area contributed by atoms with Crippen molar-refractivity contribution in [2.45, 2.75) is 39.2 Å². The van der Waals surface area contributed by atoms with Gasteiger partial charge in [-0.25, -0.2) is 9.78 Å². The summed E-state index contributed by atoms with van der Waals surface area (Å²) < 4.78 is 5.44. The molecule has 1 unspecified atom stereocenters. The Morgan fingerprint density at radius 1 is 1.55 bits per heavy atom. The Balaban J connectivity index is 1.84. The van der Waals surface area contributed by atoms with Crippen LogP contribution in [0.4, 0.5) is 10.5 Å². The van der Waals surface area contributed by atoms with Gasteiger partial charge in [-0.15, -0.1) is 0 Å². The molecule has 0 aromatic carbocycles. The minimum atomic E-state index is -0.448. The van der Waals surface area contributed by atoms with Crippen molar-refractivity contribution in [3.63, 3.8) is 0 Å². The van der Waals surface area contributed by atoms with Gasteiger partial charge in [0.25, 0.3) is 0 Å². The maximum atomic E-state index is 12.1. The van der Waals surface area contributed by atoms with Crippen molar-refractivity contribution < 1.29 is 9.53 Å². The molecule has 5 nitrogen and oxygen atoms in total. The van der Waals surface area contributed by atoms with E-state index in [-0.39, 0.29) is 6.09 Å². The van der Waals surface area contributed by atoms with Gasteiger partial charge < -0.3 is 15.0 Å². The van der Waals surface area contributed by atoms with E-state index in [0.717, 1.165) is 38.2 Å². The number of amides is 1.